The average Bonchev–Trinajstić information content (AvgIpc) is 2.99. The maximum Gasteiger partial charge on any atom is 0.114 e. The van der Waals surface area contributed by atoms with E-state index in [4.69, 9.17) is 14.6 Å². The van der Waals surface area contributed by atoms with Gasteiger partial charge in [-0.25, -0.2) is 0 Å². The summed E-state index contributed by atoms with van der Waals surface area (Å²) in [4.78, 5) is 0. The second kappa shape index (κ2) is 14.7. The Morgan fingerprint density at radius 3 is 2.36 bits per heavy atom. The second-order valence-corrected chi connectivity index (χ2v) is 6.97. The van der Waals surface area contributed by atoms with Crippen LogP contribution in [0.2, 0.25) is 0 Å². The van der Waals surface area contributed by atoms with Crippen LogP contribution in [0.3, 0.4) is 0 Å². The van der Waals surface area contributed by atoms with Crippen molar-refractivity contribution in [1.82, 2.24) is 0 Å². The summed E-state index contributed by atoms with van der Waals surface area (Å²) in [5.74, 6) is 0. The van der Waals surface area contributed by atoms with E-state index in [2.05, 4.69) is 19.1 Å². The highest BCUT2D eigenvalue weighted by atomic mass is 16.6. The fraction of sp³-hybridized carbons (Fsp3) is 0.900. The molecule has 0 bridgehead atoms. The Kier molecular flexibility index (Phi) is 13.3. The molecular weight excluding hydrogens is 320 g/mol. The molecule has 1 saturated heterocycles. The molecule has 0 radical (unpaired) electrons. The zero-order valence-corrected chi connectivity index (χ0v) is 15.8. The lowest BCUT2D eigenvalue weighted by Gasteiger charge is -2.23. The van der Waals surface area contributed by atoms with Crippen LogP contribution >= 0.6 is 0 Å². The molecule has 0 amide bonds. The van der Waals surface area contributed by atoms with E-state index in [9.17, 15) is 10.2 Å². The van der Waals surface area contributed by atoms with Crippen molar-refractivity contribution in [3.63, 3.8) is 0 Å². The van der Waals surface area contributed by atoms with Gasteiger partial charge in [-0.05, 0) is 25.7 Å². The van der Waals surface area contributed by atoms with E-state index in [1.54, 1.807) is 0 Å². The number of hydrogen-bond donors (Lipinski definition) is 3. The molecule has 1 rings (SSSR count). The predicted octanol–water partition coefficient (Wildman–Crippen LogP) is 2.96. The lowest BCUT2D eigenvalue weighted by atomic mass is 10.1. The maximum atomic E-state index is 9.85. The highest BCUT2D eigenvalue weighted by Crippen LogP contribution is 2.21. The van der Waals surface area contributed by atoms with Gasteiger partial charge in [0.05, 0.1) is 13.2 Å². The molecule has 1 aliphatic rings. The Morgan fingerprint density at radius 1 is 1.04 bits per heavy atom. The quantitative estimate of drug-likeness (QED) is 0.310. The van der Waals surface area contributed by atoms with Gasteiger partial charge in [-0.1, -0.05) is 57.6 Å². The molecular formula is C20H38O5. The van der Waals surface area contributed by atoms with Crippen molar-refractivity contribution in [2.45, 2.75) is 95.5 Å². The summed E-state index contributed by atoms with van der Waals surface area (Å²) in [7, 11) is 0. The normalized spacial score (nSPS) is 25.0. The Morgan fingerprint density at radius 2 is 1.68 bits per heavy atom. The fourth-order valence-electron chi connectivity index (χ4n) is 3.13. The van der Waals surface area contributed by atoms with Gasteiger partial charge < -0.3 is 24.8 Å². The lowest BCUT2D eigenvalue weighted by Crippen LogP contribution is -2.42. The standard InChI is InChI=1S/C20H38O5/c1-2-3-4-5-6-7-8-9-10-11-12-13-14-24-20-18(23)16-25-19(20)17(22)15-21/h4-5,17-23H,2-3,6-16H2,1H3/b5-4+/t17-,18+,19+,20+/m1/s1. The summed E-state index contributed by atoms with van der Waals surface area (Å²) < 4.78 is 11.0. The number of rotatable bonds is 15. The van der Waals surface area contributed by atoms with E-state index >= 15 is 0 Å². The summed E-state index contributed by atoms with van der Waals surface area (Å²) in [6.07, 6.45) is 13.8. The Labute approximate surface area is 153 Å². The monoisotopic (exact) mass is 358 g/mol. The largest absolute Gasteiger partial charge is 0.394 e. The van der Waals surface area contributed by atoms with Gasteiger partial charge in [0.2, 0.25) is 0 Å². The third kappa shape index (κ3) is 9.71. The molecule has 25 heavy (non-hydrogen) atoms. The van der Waals surface area contributed by atoms with E-state index in [1.165, 1.54) is 51.4 Å². The SMILES string of the molecule is CCC/C=C/CCCCCCCCCO[C@@H]1[C@H]([C@H](O)CO)OC[C@@H]1O. The van der Waals surface area contributed by atoms with Crippen LogP contribution in [0.25, 0.3) is 0 Å². The van der Waals surface area contributed by atoms with Crippen LogP contribution in [0.4, 0.5) is 0 Å². The first-order valence-corrected chi connectivity index (χ1v) is 10.1. The van der Waals surface area contributed by atoms with Crippen molar-refractivity contribution >= 4 is 0 Å². The number of hydrogen-bond acceptors (Lipinski definition) is 5. The number of allylic oxidation sites excluding steroid dienone is 2. The molecule has 1 fully saturated rings. The highest BCUT2D eigenvalue weighted by molar-refractivity contribution is 4.89. The first-order chi connectivity index (χ1) is 12.2. The number of unbranched alkanes of at least 4 members (excludes halogenated alkanes) is 8. The first-order valence-electron chi connectivity index (χ1n) is 10.1. The Balaban J connectivity index is 1.94. The van der Waals surface area contributed by atoms with Crippen molar-refractivity contribution in [3.8, 4) is 0 Å². The van der Waals surface area contributed by atoms with Crippen LogP contribution in [0.1, 0.15) is 71.1 Å². The summed E-state index contributed by atoms with van der Waals surface area (Å²) in [5, 5.41) is 28.5. The van der Waals surface area contributed by atoms with Gasteiger partial charge in [-0.2, -0.15) is 0 Å². The number of ether oxygens (including phenoxy) is 2. The van der Waals surface area contributed by atoms with Crippen LogP contribution in [0.15, 0.2) is 12.2 Å². The van der Waals surface area contributed by atoms with Gasteiger partial charge in [-0.15, -0.1) is 0 Å². The summed E-state index contributed by atoms with van der Waals surface area (Å²) in [6, 6.07) is 0. The summed E-state index contributed by atoms with van der Waals surface area (Å²) in [6.45, 7) is 2.53. The van der Waals surface area contributed by atoms with Crippen molar-refractivity contribution in [3.05, 3.63) is 12.2 Å². The molecule has 0 spiro atoms. The fourth-order valence-corrected chi connectivity index (χ4v) is 3.13. The molecule has 1 aliphatic heterocycles. The summed E-state index contributed by atoms with van der Waals surface area (Å²) >= 11 is 0. The molecule has 0 aromatic heterocycles. The average molecular weight is 359 g/mol. The van der Waals surface area contributed by atoms with E-state index in [0.29, 0.717) is 6.61 Å². The molecule has 5 heteroatoms. The molecule has 5 nitrogen and oxygen atoms in total. The molecule has 0 aromatic carbocycles. The highest BCUT2D eigenvalue weighted by Gasteiger charge is 2.40. The topological polar surface area (TPSA) is 79.2 Å². The number of aliphatic hydroxyl groups is 3. The van der Waals surface area contributed by atoms with Crippen LogP contribution < -0.4 is 0 Å². The minimum atomic E-state index is -1.00. The minimum absolute atomic E-state index is 0.153. The predicted molar refractivity (Wildman–Crippen MR) is 99.6 cm³/mol. The van der Waals surface area contributed by atoms with Crippen LogP contribution in [0.5, 0.6) is 0 Å². The van der Waals surface area contributed by atoms with Crippen molar-refractivity contribution in [2.24, 2.45) is 0 Å². The third-order valence-electron chi connectivity index (χ3n) is 4.68. The smallest absolute Gasteiger partial charge is 0.114 e. The van der Waals surface area contributed by atoms with Gasteiger partial charge in [-0.3, -0.25) is 0 Å². The van der Waals surface area contributed by atoms with E-state index in [1.807, 2.05) is 0 Å². The van der Waals surface area contributed by atoms with Gasteiger partial charge in [0.1, 0.15) is 24.4 Å². The van der Waals surface area contributed by atoms with Crippen molar-refractivity contribution in [1.29, 1.82) is 0 Å². The van der Waals surface area contributed by atoms with Gasteiger partial charge >= 0.3 is 0 Å². The van der Waals surface area contributed by atoms with E-state index < -0.39 is 24.4 Å². The second-order valence-electron chi connectivity index (χ2n) is 6.97. The van der Waals surface area contributed by atoms with E-state index in [-0.39, 0.29) is 13.2 Å². The lowest BCUT2D eigenvalue weighted by molar-refractivity contribution is -0.0938. The third-order valence-corrected chi connectivity index (χ3v) is 4.68. The zero-order chi connectivity index (χ0) is 18.3. The molecule has 0 aliphatic carbocycles. The molecule has 0 unspecified atom stereocenters. The molecule has 1 heterocycles. The molecule has 3 N–H and O–H groups in total. The van der Waals surface area contributed by atoms with Crippen molar-refractivity contribution in [2.75, 3.05) is 19.8 Å². The van der Waals surface area contributed by atoms with Gasteiger partial charge in [0, 0.05) is 6.61 Å². The molecule has 0 saturated carbocycles. The Hall–Kier alpha value is -0.460. The number of aliphatic hydroxyl groups excluding tert-OH is 3. The van der Waals surface area contributed by atoms with Crippen LogP contribution in [-0.2, 0) is 9.47 Å². The minimum Gasteiger partial charge on any atom is -0.394 e. The van der Waals surface area contributed by atoms with Gasteiger partial charge in [0.25, 0.3) is 0 Å². The molecule has 0 aromatic rings. The first kappa shape index (κ1) is 22.6. The van der Waals surface area contributed by atoms with Crippen molar-refractivity contribution < 1.29 is 24.8 Å². The molecule has 4 atom stereocenters. The van der Waals surface area contributed by atoms with Crippen LogP contribution in [0, 0.1) is 0 Å². The van der Waals surface area contributed by atoms with Crippen LogP contribution in [-0.4, -0.2) is 59.6 Å². The zero-order valence-electron chi connectivity index (χ0n) is 15.8. The Bertz CT molecular complexity index is 334. The molecule has 148 valence electrons. The van der Waals surface area contributed by atoms with Gasteiger partial charge in [0.15, 0.2) is 0 Å². The summed E-state index contributed by atoms with van der Waals surface area (Å²) in [5.41, 5.74) is 0. The maximum absolute atomic E-state index is 9.85. The van der Waals surface area contributed by atoms with E-state index in [0.717, 1.165) is 12.8 Å².